The molecule has 0 bridgehead atoms. The third kappa shape index (κ3) is 4.25. The van der Waals surface area contributed by atoms with Gasteiger partial charge in [-0.15, -0.1) is 0 Å². The van der Waals surface area contributed by atoms with Crippen LogP contribution < -0.4 is 5.32 Å². The van der Waals surface area contributed by atoms with E-state index in [0.29, 0.717) is 13.0 Å². The van der Waals surface area contributed by atoms with E-state index in [1.807, 2.05) is 61.5 Å². The van der Waals surface area contributed by atoms with Gasteiger partial charge in [-0.2, -0.15) is 0 Å². The quantitative estimate of drug-likeness (QED) is 0.626. The largest absolute Gasteiger partial charge is 0.354 e. The topological polar surface area (TPSA) is 65.2 Å². The lowest BCUT2D eigenvalue weighted by Crippen LogP contribution is -2.48. The Kier molecular flexibility index (Phi) is 5.76. The van der Waals surface area contributed by atoms with Crippen molar-refractivity contribution in [2.24, 2.45) is 0 Å². The van der Waals surface area contributed by atoms with Crippen LogP contribution in [0.4, 0.5) is 0 Å². The van der Waals surface area contributed by atoms with Gasteiger partial charge in [0, 0.05) is 29.9 Å². The number of benzene rings is 2. The molecule has 150 valence electrons. The molecule has 1 aliphatic rings. The predicted octanol–water partition coefficient (Wildman–Crippen LogP) is 4.01. The molecular formula is C24H27N3O2. The van der Waals surface area contributed by atoms with E-state index in [0.717, 1.165) is 53.7 Å². The first-order valence-electron chi connectivity index (χ1n) is 10.4. The fourth-order valence-electron chi connectivity index (χ4n) is 4.18. The number of carbonyl (C=O) groups excluding carboxylic acids is 2. The maximum absolute atomic E-state index is 13.4. The number of aromatic amines is 1. The van der Waals surface area contributed by atoms with Gasteiger partial charge in [-0.1, -0.05) is 55.5 Å². The van der Waals surface area contributed by atoms with Crippen LogP contribution in [0.3, 0.4) is 0 Å². The van der Waals surface area contributed by atoms with E-state index >= 15 is 0 Å². The number of H-pyrrole nitrogens is 1. The zero-order valence-corrected chi connectivity index (χ0v) is 16.8. The van der Waals surface area contributed by atoms with Crippen LogP contribution in [-0.2, 0) is 4.79 Å². The Morgan fingerprint density at radius 3 is 2.66 bits per heavy atom. The van der Waals surface area contributed by atoms with Gasteiger partial charge in [0.05, 0.1) is 17.8 Å². The number of carbonyl (C=O) groups is 2. The van der Waals surface area contributed by atoms with Crippen molar-refractivity contribution in [3.63, 3.8) is 0 Å². The fourth-order valence-corrected chi connectivity index (χ4v) is 4.18. The van der Waals surface area contributed by atoms with Crippen molar-refractivity contribution in [3.8, 4) is 11.3 Å². The van der Waals surface area contributed by atoms with Gasteiger partial charge in [0.25, 0.3) is 0 Å². The minimum Gasteiger partial charge on any atom is -0.354 e. The summed E-state index contributed by atoms with van der Waals surface area (Å²) in [7, 11) is 0. The number of Topliss-reactive ketones (excluding diaryl/α,β-unsaturated/α-hetero) is 1. The molecule has 2 aromatic carbocycles. The zero-order chi connectivity index (χ0) is 20.2. The van der Waals surface area contributed by atoms with E-state index in [-0.39, 0.29) is 17.7 Å². The summed E-state index contributed by atoms with van der Waals surface area (Å²) >= 11 is 0. The maximum Gasteiger partial charge on any atom is 0.219 e. The van der Waals surface area contributed by atoms with E-state index < -0.39 is 0 Å². The number of hydrogen-bond acceptors (Lipinski definition) is 3. The van der Waals surface area contributed by atoms with Gasteiger partial charge >= 0.3 is 0 Å². The van der Waals surface area contributed by atoms with Crippen molar-refractivity contribution in [2.45, 2.75) is 32.2 Å². The molecule has 1 saturated heterocycles. The fraction of sp³-hybridized carbons (Fsp3) is 0.333. The molecule has 1 fully saturated rings. The molecule has 0 saturated carbocycles. The number of aromatic nitrogens is 1. The Morgan fingerprint density at radius 2 is 1.86 bits per heavy atom. The second kappa shape index (κ2) is 8.62. The van der Waals surface area contributed by atoms with Gasteiger partial charge in [0.1, 0.15) is 0 Å². The molecule has 4 rings (SSSR count). The van der Waals surface area contributed by atoms with Crippen LogP contribution in [0, 0.1) is 0 Å². The highest BCUT2D eigenvalue weighted by Gasteiger charge is 2.25. The van der Waals surface area contributed by atoms with Crippen LogP contribution in [-0.4, -0.2) is 47.3 Å². The highest BCUT2D eigenvalue weighted by atomic mass is 16.1. The number of amides is 1. The number of piperidine rings is 1. The predicted molar refractivity (Wildman–Crippen MR) is 116 cm³/mol. The standard InChI is InChI=1S/C24H27N3O2/c1-2-22(29)25-18-11-8-14-27(15-18)16-21(28)23-19-12-6-7-13-20(19)26-24(23)17-9-4-3-5-10-17/h3-7,9-10,12-13,18,26H,2,8,11,14-16H2,1H3,(H,25,29). The van der Waals surface area contributed by atoms with Crippen LogP contribution in [0.1, 0.15) is 36.5 Å². The first kappa shape index (κ1) is 19.4. The molecule has 1 unspecified atom stereocenters. The van der Waals surface area contributed by atoms with E-state index in [1.54, 1.807) is 0 Å². The number of hydrogen-bond donors (Lipinski definition) is 2. The molecule has 0 aliphatic carbocycles. The van der Waals surface area contributed by atoms with Gasteiger partial charge in [0.2, 0.25) is 5.91 Å². The van der Waals surface area contributed by atoms with E-state index in [2.05, 4.69) is 15.2 Å². The molecule has 1 aliphatic heterocycles. The Labute approximate surface area is 171 Å². The minimum absolute atomic E-state index is 0.0752. The van der Waals surface area contributed by atoms with Crippen molar-refractivity contribution >= 4 is 22.6 Å². The summed E-state index contributed by atoms with van der Waals surface area (Å²) in [6.45, 7) is 3.83. The van der Waals surface area contributed by atoms with Crippen LogP contribution in [0.5, 0.6) is 0 Å². The Morgan fingerprint density at radius 1 is 1.10 bits per heavy atom. The summed E-state index contributed by atoms with van der Waals surface area (Å²) in [5, 5.41) is 4.04. The van der Waals surface area contributed by atoms with E-state index in [9.17, 15) is 9.59 Å². The Hall–Kier alpha value is -2.92. The van der Waals surface area contributed by atoms with E-state index in [1.165, 1.54) is 0 Å². The molecular weight excluding hydrogens is 362 g/mol. The van der Waals surface area contributed by atoms with Crippen molar-refractivity contribution in [1.29, 1.82) is 0 Å². The van der Waals surface area contributed by atoms with Crippen molar-refractivity contribution in [3.05, 3.63) is 60.2 Å². The molecule has 2 N–H and O–H groups in total. The number of ketones is 1. The lowest BCUT2D eigenvalue weighted by molar-refractivity contribution is -0.121. The molecule has 29 heavy (non-hydrogen) atoms. The number of rotatable bonds is 6. The van der Waals surface area contributed by atoms with Crippen LogP contribution in [0.25, 0.3) is 22.2 Å². The highest BCUT2D eigenvalue weighted by molar-refractivity contribution is 6.14. The molecule has 1 aromatic heterocycles. The highest BCUT2D eigenvalue weighted by Crippen LogP contribution is 2.31. The molecule has 1 amide bonds. The van der Waals surface area contributed by atoms with Gasteiger partial charge in [-0.25, -0.2) is 0 Å². The monoisotopic (exact) mass is 389 g/mol. The third-order valence-electron chi connectivity index (χ3n) is 5.61. The van der Waals surface area contributed by atoms with Crippen molar-refractivity contribution < 1.29 is 9.59 Å². The summed E-state index contributed by atoms with van der Waals surface area (Å²) in [6, 6.07) is 18.1. The molecule has 3 aromatic rings. The number of para-hydroxylation sites is 1. The number of nitrogens with zero attached hydrogens (tertiary/aromatic N) is 1. The summed E-state index contributed by atoms with van der Waals surface area (Å²) in [5.41, 5.74) is 3.62. The van der Waals surface area contributed by atoms with Crippen molar-refractivity contribution in [2.75, 3.05) is 19.6 Å². The number of nitrogens with one attached hydrogen (secondary N) is 2. The Bertz CT molecular complexity index is 1010. The SMILES string of the molecule is CCC(=O)NC1CCCN(CC(=O)c2c(-c3ccccc3)[nH]c3ccccc23)C1. The van der Waals surface area contributed by atoms with Gasteiger partial charge in [0.15, 0.2) is 5.78 Å². The van der Waals surface area contributed by atoms with Crippen LogP contribution in [0.2, 0.25) is 0 Å². The normalized spacial score (nSPS) is 17.3. The molecule has 1 atom stereocenters. The molecule has 5 nitrogen and oxygen atoms in total. The average molecular weight is 389 g/mol. The lowest BCUT2D eigenvalue weighted by Gasteiger charge is -2.32. The van der Waals surface area contributed by atoms with Crippen LogP contribution in [0.15, 0.2) is 54.6 Å². The lowest BCUT2D eigenvalue weighted by atomic mass is 10.00. The van der Waals surface area contributed by atoms with Gasteiger partial charge < -0.3 is 10.3 Å². The summed E-state index contributed by atoms with van der Waals surface area (Å²) in [5.74, 6) is 0.190. The third-order valence-corrected chi connectivity index (χ3v) is 5.61. The average Bonchev–Trinajstić information content (AvgIpc) is 3.14. The first-order chi connectivity index (χ1) is 14.2. The second-order valence-corrected chi connectivity index (χ2v) is 7.71. The van der Waals surface area contributed by atoms with Gasteiger partial charge in [-0.05, 0) is 31.0 Å². The summed E-state index contributed by atoms with van der Waals surface area (Å²) < 4.78 is 0. The maximum atomic E-state index is 13.4. The van der Waals surface area contributed by atoms with Crippen molar-refractivity contribution in [1.82, 2.24) is 15.2 Å². The summed E-state index contributed by atoms with van der Waals surface area (Å²) in [6.07, 6.45) is 2.45. The summed E-state index contributed by atoms with van der Waals surface area (Å²) in [4.78, 5) is 30.8. The molecule has 5 heteroatoms. The first-order valence-corrected chi connectivity index (χ1v) is 10.4. The minimum atomic E-state index is 0.0752. The van der Waals surface area contributed by atoms with Crippen LogP contribution >= 0.6 is 0 Å². The Balaban J connectivity index is 1.59. The second-order valence-electron chi connectivity index (χ2n) is 7.71. The zero-order valence-electron chi connectivity index (χ0n) is 16.8. The molecule has 0 radical (unpaired) electrons. The smallest absolute Gasteiger partial charge is 0.219 e. The number of likely N-dealkylation sites (tertiary alicyclic amines) is 1. The molecule has 0 spiro atoms. The van der Waals surface area contributed by atoms with Gasteiger partial charge in [-0.3, -0.25) is 14.5 Å². The van der Waals surface area contributed by atoms with E-state index in [4.69, 9.17) is 0 Å². The molecule has 2 heterocycles. The number of fused-ring (bicyclic) bond motifs is 1.